The number of pyridine rings is 1. The minimum absolute atomic E-state index is 0.0675. The van der Waals surface area contributed by atoms with Crippen molar-refractivity contribution in [2.45, 2.75) is 31.5 Å². The summed E-state index contributed by atoms with van der Waals surface area (Å²) in [5, 5.41) is 3.16. The zero-order valence-electron chi connectivity index (χ0n) is 9.19. The Morgan fingerprint density at radius 3 is 3.00 bits per heavy atom. The van der Waals surface area contributed by atoms with Crippen LogP contribution in [0, 0.1) is 5.82 Å². The minimum atomic E-state index is -0.343. The first-order valence-corrected chi connectivity index (χ1v) is 5.46. The summed E-state index contributed by atoms with van der Waals surface area (Å²) in [6, 6.07) is 3.11. The molecule has 0 saturated heterocycles. The van der Waals surface area contributed by atoms with Gasteiger partial charge in [-0.25, -0.2) is 9.37 Å². The van der Waals surface area contributed by atoms with Gasteiger partial charge in [0.1, 0.15) is 11.6 Å². The van der Waals surface area contributed by atoms with Gasteiger partial charge < -0.3 is 15.8 Å². The molecule has 3 atom stereocenters. The Morgan fingerprint density at radius 1 is 1.62 bits per heavy atom. The smallest absolute Gasteiger partial charge is 0.141 e. The van der Waals surface area contributed by atoms with Crippen LogP contribution >= 0.6 is 0 Å². The molecule has 3 N–H and O–H groups in total. The van der Waals surface area contributed by atoms with Gasteiger partial charge in [0.2, 0.25) is 0 Å². The fourth-order valence-electron chi connectivity index (χ4n) is 1.86. The first kappa shape index (κ1) is 11.3. The van der Waals surface area contributed by atoms with E-state index in [0.29, 0.717) is 12.4 Å². The molecule has 88 valence electrons. The highest BCUT2D eigenvalue weighted by atomic mass is 19.1. The van der Waals surface area contributed by atoms with Crippen LogP contribution in [0.3, 0.4) is 0 Å². The lowest BCUT2D eigenvalue weighted by atomic mass is 9.83. The van der Waals surface area contributed by atoms with Crippen molar-refractivity contribution >= 4 is 5.82 Å². The van der Waals surface area contributed by atoms with E-state index in [1.54, 1.807) is 6.07 Å². The van der Waals surface area contributed by atoms with Gasteiger partial charge in [-0.3, -0.25) is 0 Å². The summed E-state index contributed by atoms with van der Waals surface area (Å²) >= 11 is 0. The lowest BCUT2D eigenvalue weighted by Gasteiger charge is -2.42. The molecule has 1 aliphatic carbocycles. The number of hydrogen-bond acceptors (Lipinski definition) is 4. The standard InChI is InChI=1S/C11H16FN3O/c1-2-16-9-5-8(13)11(9)15-10-4-3-7(12)6-14-10/h3-4,6,8-9,11H,2,5,13H2,1H3,(H,14,15). The van der Waals surface area contributed by atoms with Crippen molar-refractivity contribution in [3.8, 4) is 0 Å². The summed E-state index contributed by atoms with van der Waals surface area (Å²) in [7, 11) is 0. The zero-order valence-corrected chi connectivity index (χ0v) is 9.19. The maximum absolute atomic E-state index is 12.7. The number of rotatable bonds is 4. The number of nitrogens with zero attached hydrogens (tertiary/aromatic N) is 1. The summed E-state index contributed by atoms with van der Waals surface area (Å²) in [5.74, 6) is 0.288. The van der Waals surface area contributed by atoms with Gasteiger partial charge in [0.15, 0.2) is 0 Å². The van der Waals surface area contributed by atoms with Crippen molar-refractivity contribution in [1.82, 2.24) is 4.98 Å². The molecule has 0 radical (unpaired) electrons. The number of anilines is 1. The highest BCUT2D eigenvalue weighted by molar-refractivity contribution is 5.37. The third kappa shape index (κ3) is 2.31. The largest absolute Gasteiger partial charge is 0.376 e. The van der Waals surface area contributed by atoms with Gasteiger partial charge in [-0.05, 0) is 25.5 Å². The molecule has 2 rings (SSSR count). The summed E-state index contributed by atoms with van der Waals surface area (Å²) in [5.41, 5.74) is 5.88. The minimum Gasteiger partial charge on any atom is -0.376 e. The molecule has 0 spiro atoms. The molecular formula is C11H16FN3O. The van der Waals surface area contributed by atoms with Gasteiger partial charge in [0.25, 0.3) is 0 Å². The molecule has 1 aliphatic rings. The Labute approximate surface area is 94.0 Å². The molecule has 5 heteroatoms. The third-order valence-corrected chi connectivity index (χ3v) is 2.79. The molecule has 1 fully saturated rings. The average Bonchev–Trinajstić information content (AvgIpc) is 2.28. The number of nitrogens with two attached hydrogens (primary N) is 1. The SMILES string of the molecule is CCOC1CC(N)C1Nc1ccc(F)cn1. The van der Waals surface area contributed by atoms with Crippen LogP contribution in [0.15, 0.2) is 18.3 Å². The van der Waals surface area contributed by atoms with Gasteiger partial charge in [-0.15, -0.1) is 0 Å². The van der Waals surface area contributed by atoms with Gasteiger partial charge >= 0.3 is 0 Å². The van der Waals surface area contributed by atoms with E-state index in [-0.39, 0.29) is 24.0 Å². The summed E-state index contributed by atoms with van der Waals surface area (Å²) in [6.07, 6.45) is 2.17. The van der Waals surface area contributed by atoms with Gasteiger partial charge in [0.05, 0.1) is 18.3 Å². The predicted molar refractivity (Wildman–Crippen MR) is 59.6 cm³/mol. The number of hydrogen-bond donors (Lipinski definition) is 2. The fourth-order valence-corrected chi connectivity index (χ4v) is 1.86. The molecule has 0 aliphatic heterocycles. The Hall–Kier alpha value is -1.20. The second-order valence-corrected chi connectivity index (χ2v) is 3.93. The summed E-state index contributed by atoms with van der Waals surface area (Å²) in [6.45, 7) is 2.63. The quantitative estimate of drug-likeness (QED) is 0.806. The molecule has 0 bridgehead atoms. The van der Waals surface area contributed by atoms with Crippen molar-refractivity contribution in [2.24, 2.45) is 5.73 Å². The molecule has 0 amide bonds. The zero-order chi connectivity index (χ0) is 11.5. The number of halogens is 1. The number of ether oxygens (including phenoxy) is 1. The van der Waals surface area contributed by atoms with E-state index >= 15 is 0 Å². The van der Waals surface area contributed by atoms with Crippen molar-refractivity contribution < 1.29 is 9.13 Å². The van der Waals surface area contributed by atoms with Crippen molar-refractivity contribution in [3.63, 3.8) is 0 Å². The molecule has 1 saturated carbocycles. The maximum atomic E-state index is 12.7. The van der Waals surface area contributed by atoms with Gasteiger partial charge in [-0.2, -0.15) is 0 Å². The van der Waals surface area contributed by atoms with Gasteiger partial charge in [-0.1, -0.05) is 0 Å². The van der Waals surface area contributed by atoms with E-state index in [1.807, 2.05) is 6.92 Å². The highest BCUT2D eigenvalue weighted by Gasteiger charge is 2.39. The Morgan fingerprint density at radius 2 is 2.44 bits per heavy atom. The maximum Gasteiger partial charge on any atom is 0.141 e. The van der Waals surface area contributed by atoms with Crippen molar-refractivity contribution in [2.75, 3.05) is 11.9 Å². The fraction of sp³-hybridized carbons (Fsp3) is 0.545. The summed E-state index contributed by atoms with van der Waals surface area (Å²) < 4.78 is 18.2. The highest BCUT2D eigenvalue weighted by Crippen LogP contribution is 2.25. The van der Waals surface area contributed by atoms with Crippen LogP contribution in [0.4, 0.5) is 10.2 Å². The molecular weight excluding hydrogens is 209 g/mol. The Bertz CT molecular complexity index is 342. The van der Waals surface area contributed by atoms with Crippen LogP contribution in [-0.4, -0.2) is 29.8 Å². The van der Waals surface area contributed by atoms with E-state index in [4.69, 9.17) is 10.5 Å². The Balaban J connectivity index is 1.95. The van der Waals surface area contributed by atoms with E-state index in [9.17, 15) is 4.39 Å². The molecule has 3 unspecified atom stereocenters. The monoisotopic (exact) mass is 225 g/mol. The molecule has 16 heavy (non-hydrogen) atoms. The lowest BCUT2D eigenvalue weighted by Crippen LogP contribution is -2.60. The topological polar surface area (TPSA) is 60.2 Å². The summed E-state index contributed by atoms with van der Waals surface area (Å²) in [4.78, 5) is 3.93. The first-order valence-electron chi connectivity index (χ1n) is 5.46. The van der Waals surface area contributed by atoms with Crippen molar-refractivity contribution in [1.29, 1.82) is 0 Å². The molecule has 1 aromatic rings. The van der Waals surface area contributed by atoms with Crippen LogP contribution < -0.4 is 11.1 Å². The molecule has 0 aromatic carbocycles. The third-order valence-electron chi connectivity index (χ3n) is 2.79. The van der Waals surface area contributed by atoms with E-state index in [0.717, 1.165) is 6.42 Å². The van der Waals surface area contributed by atoms with E-state index < -0.39 is 0 Å². The first-order chi connectivity index (χ1) is 7.70. The van der Waals surface area contributed by atoms with Crippen LogP contribution in [0.1, 0.15) is 13.3 Å². The molecule has 1 heterocycles. The van der Waals surface area contributed by atoms with Crippen LogP contribution in [0.5, 0.6) is 0 Å². The van der Waals surface area contributed by atoms with E-state index in [1.165, 1.54) is 12.3 Å². The Kier molecular flexibility index (Phi) is 3.36. The predicted octanol–water partition coefficient (Wildman–Crippen LogP) is 1.14. The number of aromatic nitrogens is 1. The lowest BCUT2D eigenvalue weighted by molar-refractivity contribution is -0.0127. The average molecular weight is 225 g/mol. The van der Waals surface area contributed by atoms with E-state index in [2.05, 4.69) is 10.3 Å². The van der Waals surface area contributed by atoms with Crippen LogP contribution in [0.2, 0.25) is 0 Å². The second-order valence-electron chi connectivity index (χ2n) is 3.93. The molecule has 1 aromatic heterocycles. The number of nitrogens with one attached hydrogen (secondary N) is 1. The van der Waals surface area contributed by atoms with Crippen LogP contribution in [0.25, 0.3) is 0 Å². The molecule has 4 nitrogen and oxygen atoms in total. The van der Waals surface area contributed by atoms with Crippen molar-refractivity contribution in [3.05, 3.63) is 24.1 Å². The normalized spacial score (nSPS) is 28.6. The van der Waals surface area contributed by atoms with Crippen LogP contribution in [-0.2, 0) is 4.74 Å². The van der Waals surface area contributed by atoms with Gasteiger partial charge in [0, 0.05) is 12.6 Å². The second kappa shape index (κ2) is 4.76.